The SMILES string of the molecule is CC(=O)OC1c2nc(C(C)C)c3c(c2C(O[Si](C)(C)C(C)(C)C)CC1(C)C)C1(CCOCC1)OC3c1ccc(C(F)(F)F)cc1. The number of halogens is 3. The highest BCUT2D eigenvalue weighted by Gasteiger charge is 2.56. The first kappa shape index (κ1) is 34.1. The third-order valence-corrected chi connectivity index (χ3v) is 14.8. The lowest BCUT2D eigenvalue weighted by Gasteiger charge is -2.48. The minimum absolute atomic E-state index is 0.0395. The van der Waals surface area contributed by atoms with Crippen LogP contribution in [0.5, 0.6) is 0 Å². The molecule has 2 aromatic rings. The van der Waals surface area contributed by atoms with Crippen molar-refractivity contribution in [2.75, 3.05) is 13.2 Å². The fourth-order valence-corrected chi connectivity index (χ4v) is 8.21. The molecule has 0 bridgehead atoms. The molecular formula is C35H48F3NO5Si. The standard InChI is InChI=1S/C35H48F3NO5Si/c1-20(2)28-26-27(34(15-17-41-18-16-34)43-30(26)22-11-13-23(14-12-22)35(36,37)38)25-24(44-45(9,10)32(4,5)6)19-33(7,8)31(29(25)39-28)42-21(3)40/h11-14,20,24,30-31H,15-19H2,1-10H3. The quantitative estimate of drug-likeness (QED) is 0.238. The van der Waals surface area contributed by atoms with Gasteiger partial charge in [-0.25, -0.2) is 0 Å². The van der Waals surface area contributed by atoms with Crippen LogP contribution in [-0.2, 0) is 35.2 Å². The number of hydrogen-bond donors (Lipinski definition) is 0. The summed E-state index contributed by atoms with van der Waals surface area (Å²) in [6.07, 6.45) is -4.22. The van der Waals surface area contributed by atoms with Crippen molar-refractivity contribution in [1.82, 2.24) is 4.98 Å². The summed E-state index contributed by atoms with van der Waals surface area (Å²) >= 11 is 0. The molecule has 3 atom stereocenters. The van der Waals surface area contributed by atoms with Crippen LogP contribution >= 0.6 is 0 Å². The Morgan fingerprint density at radius 1 is 1.04 bits per heavy atom. The average Bonchev–Trinajstić information content (AvgIpc) is 3.23. The maximum Gasteiger partial charge on any atom is 0.416 e. The van der Waals surface area contributed by atoms with E-state index in [0.29, 0.717) is 43.7 Å². The Kier molecular flexibility index (Phi) is 8.67. The van der Waals surface area contributed by atoms with Crippen LogP contribution in [0.15, 0.2) is 24.3 Å². The summed E-state index contributed by atoms with van der Waals surface area (Å²) in [5.41, 5.74) is 3.04. The van der Waals surface area contributed by atoms with E-state index < -0.39 is 43.3 Å². The molecule has 1 fully saturated rings. The normalized spacial score (nSPS) is 24.4. The number of pyridine rings is 1. The van der Waals surface area contributed by atoms with E-state index in [2.05, 4.69) is 61.6 Å². The fraction of sp³-hybridized carbons (Fsp3) is 0.657. The largest absolute Gasteiger partial charge is 0.455 e. The number of ether oxygens (including phenoxy) is 3. The van der Waals surface area contributed by atoms with Crippen LogP contribution < -0.4 is 0 Å². The molecule has 0 N–H and O–H groups in total. The van der Waals surface area contributed by atoms with Crippen molar-refractivity contribution in [1.29, 1.82) is 0 Å². The molecule has 1 spiro atoms. The topological polar surface area (TPSA) is 66.9 Å². The Morgan fingerprint density at radius 2 is 1.64 bits per heavy atom. The summed E-state index contributed by atoms with van der Waals surface area (Å²) < 4.78 is 66.9. The second-order valence-corrected chi connectivity index (χ2v) is 20.3. The van der Waals surface area contributed by atoms with Crippen molar-refractivity contribution >= 4 is 14.3 Å². The van der Waals surface area contributed by atoms with Gasteiger partial charge in [0.15, 0.2) is 8.32 Å². The zero-order valence-electron chi connectivity index (χ0n) is 28.3. The predicted octanol–water partition coefficient (Wildman–Crippen LogP) is 9.45. The van der Waals surface area contributed by atoms with Crippen LogP contribution in [0.25, 0.3) is 0 Å². The van der Waals surface area contributed by atoms with Gasteiger partial charge >= 0.3 is 12.1 Å². The van der Waals surface area contributed by atoms with Gasteiger partial charge in [0.25, 0.3) is 0 Å². The number of fused-ring (bicyclic) bond motifs is 4. The summed E-state index contributed by atoms with van der Waals surface area (Å²) in [6, 6.07) is 5.29. The monoisotopic (exact) mass is 647 g/mol. The van der Waals surface area contributed by atoms with Crippen molar-refractivity contribution in [2.45, 2.75) is 129 Å². The van der Waals surface area contributed by atoms with Gasteiger partial charge in [-0.3, -0.25) is 9.78 Å². The minimum Gasteiger partial charge on any atom is -0.455 e. The highest BCUT2D eigenvalue weighted by atomic mass is 28.4. The van der Waals surface area contributed by atoms with Gasteiger partial charge in [-0.2, -0.15) is 13.2 Å². The first-order chi connectivity index (χ1) is 20.7. The Morgan fingerprint density at radius 3 is 2.16 bits per heavy atom. The van der Waals surface area contributed by atoms with Gasteiger partial charge in [-0.05, 0) is 53.7 Å². The van der Waals surface area contributed by atoms with E-state index in [0.717, 1.165) is 34.5 Å². The number of aromatic nitrogens is 1. The van der Waals surface area contributed by atoms with Crippen molar-refractivity contribution in [3.8, 4) is 0 Å². The van der Waals surface area contributed by atoms with Gasteiger partial charge in [-0.15, -0.1) is 0 Å². The number of hydrogen-bond acceptors (Lipinski definition) is 6. The second kappa shape index (κ2) is 11.5. The van der Waals surface area contributed by atoms with Crippen molar-refractivity contribution in [2.24, 2.45) is 5.41 Å². The summed E-state index contributed by atoms with van der Waals surface area (Å²) in [6.45, 7) is 21.8. The Bertz CT molecular complexity index is 1440. The maximum atomic E-state index is 13.5. The molecule has 6 nitrogen and oxygen atoms in total. The number of carbonyl (C=O) groups excluding carboxylic acids is 1. The number of esters is 1. The number of alkyl halides is 3. The van der Waals surface area contributed by atoms with E-state index in [1.807, 2.05) is 0 Å². The molecule has 1 aromatic heterocycles. The highest BCUT2D eigenvalue weighted by molar-refractivity contribution is 6.74. The number of benzene rings is 1. The van der Waals surface area contributed by atoms with Gasteiger partial charge in [-0.1, -0.05) is 60.6 Å². The lowest BCUT2D eigenvalue weighted by atomic mass is 9.68. The van der Waals surface area contributed by atoms with E-state index >= 15 is 0 Å². The van der Waals surface area contributed by atoms with E-state index in [-0.39, 0.29) is 23.0 Å². The summed E-state index contributed by atoms with van der Waals surface area (Å²) in [4.78, 5) is 17.9. The molecule has 3 aliphatic rings. The molecule has 1 aromatic carbocycles. The molecule has 0 amide bonds. The molecule has 3 unspecified atom stereocenters. The molecule has 0 radical (unpaired) electrons. The van der Waals surface area contributed by atoms with Gasteiger partial charge in [0.1, 0.15) is 12.2 Å². The van der Waals surface area contributed by atoms with Crippen molar-refractivity contribution in [3.05, 3.63) is 63.5 Å². The van der Waals surface area contributed by atoms with Crippen molar-refractivity contribution in [3.63, 3.8) is 0 Å². The maximum absolute atomic E-state index is 13.5. The van der Waals surface area contributed by atoms with E-state index in [9.17, 15) is 18.0 Å². The van der Waals surface area contributed by atoms with E-state index in [4.69, 9.17) is 23.6 Å². The molecule has 1 aliphatic carbocycles. The summed E-state index contributed by atoms with van der Waals surface area (Å²) in [7, 11) is -2.32. The molecular weight excluding hydrogens is 599 g/mol. The van der Waals surface area contributed by atoms with Gasteiger partial charge in [0.05, 0.1) is 23.0 Å². The smallest absolute Gasteiger partial charge is 0.416 e. The summed E-state index contributed by atoms with van der Waals surface area (Å²) in [5.74, 6) is -0.418. The van der Waals surface area contributed by atoms with Gasteiger partial charge in [0.2, 0.25) is 0 Å². The van der Waals surface area contributed by atoms with Crippen LogP contribution in [0, 0.1) is 5.41 Å². The first-order valence-corrected chi connectivity index (χ1v) is 19.0. The van der Waals surface area contributed by atoms with E-state index in [1.54, 1.807) is 0 Å². The number of nitrogens with zero attached hydrogens (tertiary/aromatic N) is 1. The van der Waals surface area contributed by atoms with Gasteiger partial charge in [0, 0.05) is 55.2 Å². The molecule has 2 aliphatic heterocycles. The highest BCUT2D eigenvalue weighted by Crippen LogP contribution is 2.61. The molecule has 3 heterocycles. The fourth-order valence-electron chi connectivity index (χ4n) is 6.94. The minimum atomic E-state index is -4.44. The Hall–Kier alpha value is -2.27. The Balaban J connectivity index is 1.83. The van der Waals surface area contributed by atoms with Crippen molar-refractivity contribution < 1.29 is 36.6 Å². The number of rotatable bonds is 5. The van der Waals surface area contributed by atoms with Crippen LogP contribution in [0.4, 0.5) is 13.2 Å². The summed E-state index contributed by atoms with van der Waals surface area (Å²) in [5, 5.41) is -0.0614. The molecule has 0 saturated carbocycles. The Labute approximate surface area is 266 Å². The lowest BCUT2D eigenvalue weighted by Crippen LogP contribution is -2.46. The van der Waals surface area contributed by atoms with Gasteiger partial charge < -0.3 is 18.6 Å². The predicted molar refractivity (Wildman–Crippen MR) is 168 cm³/mol. The average molecular weight is 648 g/mol. The first-order valence-electron chi connectivity index (χ1n) is 16.0. The van der Waals surface area contributed by atoms with Crippen LogP contribution in [0.3, 0.4) is 0 Å². The zero-order valence-corrected chi connectivity index (χ0v) is 29.3. The molecule has 10 heteroatoms. The lowest BCUT2D eigenvalue weighted by molar-refractivity contribution is -0.156. The van der Waals surface area contributed by atoms with Crippen LogP contribution in [0.2, 0.25) is 18.1 Å². The van der Waals surface area contributed by atoms with Crippen LogP contribution in [-0.4, -0.2) is 32.5 Å². The molecule has 5 rings (SSSR count). The molecule has 248 valence electrons. The van der Waals surface area contributed by atoms with E-state index in [1.165, 1.54) is 19.1 Å². The third-order valence-electron chi connectivity index (χ3n) is 10.3. The number of carbonyl (C=O) groups is 1. The third kappa shape index (κ3) is 6.12. The van der Waals surface area contributed by atoms with Crippen LogP contribution in [0.1, 0.15) is 138 Å². The molecule has 45 heavy (non-hydrogen) atoms. The zero-order chi connectivity index (χ0) is 33.3. The molecule has 1 saturated heterocycles. The second-order valence-electron chi connectivity index (χ2n) is 15.5.